The Balaban J connectivity index is 1.24. The van der Waals surface area contributed by atoms with Crippen LogP contribution >= 0.6 is 0 Å². The predicted molar refractivity (Wildman–Crippen MR) is 248 cm³/mol. The van der Waals surface area contributed by atoms with Crippen molar-refractivity contribution >= 4 is 57.3 Å². The first-order chi connectivity index (χ1) is 33.3. The number of nitrogens with zero attached hydrogens (tertiary/aromatic N) is 2. The molecule has 1 aliphatic carbocycles. The number of sulfone groups is 1. The van der Waals surface area contributed by atoms with E-state index in [1.807, 2.05) is 48.5 Å². The summed E-state index contributed by atoms with van der Waals surface area (Å²) in [5.74, 6) is -4.84. The maximum absolute atomic E-state index is 13.8. The Morgan fingerprint density at radius 1 is 0.771 bits per heavy atom. The fourth-order valence-corrected chi connectivity index (χ4v) is 8.79. The Labute approximate surface area is 405 Å². The number of Topliss-reactive ketones (excluding diaryl/α,β-unsaturated/α-hetero) is 1. The number of carbonyl (C=O) groups excluding carboxylic acids is 7. The summed E-state index contributed by atoms with van der Waals surface area (Å²) in [5, 5.41) is 5.90. The second-order valence-corrected chi connectivity index (χ2v) is 19.4. The van der Waals surface area contributed by atoms with Crippen molar-refractivity contribution in [2.24, 2.45) is 0 Å². The minimum Gasteiger partial charge on any atom is -0.458 e. The van der Waals surface area contributed by atoms with Crippen LogP contribution in [-0.2, 0) is 73.6 Å². The Kier molecular flexibility index (Phi) is 17.9. The Bertz CT molecular complexity index is 2490. The SMILES string of the molecule is CC(=O)O[C@@H]1[C@@H](OC(C)=O)[C@H](Oc2ccc(COC(=O)N(CCS(C)(=O)=O)COC3CCNCC3)cc2NC(=O)CN(C)C(=O)OCC2c3ccccc3-c3ccccc32)O[C@H](C(C)=O)[C@H]1OC(C)=O. The van der Waals surface area contributed by atoms with Crippen LogP contribution in [0.4, 0.5) is 15.3 Å². The summed E-state index contributed by atoms with van der Waals surface area (Å²) in [6.07, 6.45) is -7.62. The number of piperidine rings is 1. The number of likely N-dealkylation sites (N-methyl/N-ethyl adjacent to an activating group) is 1. The Morgan fingerprint density at radius 3 is 1.97 bits per heavy atom. The van der Waals surface area contributed by atoms with E-state index in [-0.39, 0.29) is 54.7 Å². The van der Waals surface area contributed by atoms with Gasteiger partial charge in [0.2, 0.25) is 18.3 Å². The highest BCUT2D eigenvalue weighted by Crippen LogP contribution is 2.44. The van der Waals surface area contributed by atoms with Crippen LogP contribution < -0.4 is 15.4 Å². The van der Waals surface area contributed by atoms with Crippen LogP contribution in [0, 0.1) is 0 Å². The van der Waals surface area contributed by atoms with Crippen LogP contribution in [0.5, 0.6) is 5.75 Å². The van der Waals surface area contributed by atoms with Crippen molar-refractivity contribution in [1.82, 2.24) is 15.1 Å². The molecule has 22 heteroatoms. The number of fused-ring (bicyclic) bond motifs is 3. The topological polar surface area (TPSA) is 258 Å². The van der Waals surface area contributed by atoms with Crippen molar-refractivity contribution in [3.8, 4) is 16.9 Å². The molecule has 0 aromatic heterocycles. The van der Waals surface area contributed by atoms with Crippen LogP contribution in [0.3, 0.4) is 0 Å². The monoisotopic (exact) mass is 994 g/mol. The summed E-state index contributed by atoms with van der Waals surface area (Å²) < 4.78 is 70.0. The number of nitrogens with one attached hydrogen (secondary N) is 2. The molecular weight excluding hydrogens is 937 g/mol. The quantitative estimate of drug-likeness (QED) is 0.0986. The molecular formula is C48H58N4O17S. The molecule has 3 aliphatic rings. The highest BCUT2D eigenvalue weighted by Gasteiger charge is 2.54. The van der Waals surface area contributed by atoms with Crippen molar-refractivity contribution in [2.45, 2.75) is 89.9 Å². The molecule has 5 atom stereocenters. The van der Waals surface area contributed by atoms with E-state index in [1.165, 1.54) is 25.2 Å². The maximum Gasteiger partial charge on any atom is 0.411 e. The molecule has 2 N–H and O–H groups in total. The lowest BCUT2D eigenvalue weighted by molar-refractivity contribution is -0.277. The summed E-state index contributed by atoms with van der Waals surface area (Å²) >= 11 is 0. The molecule has 3 aromatic carbocycles. The lowest BCUT2D eigenvalue weighted by Crippen LogP contribution is -2.64. The van der Waals surface area contributed by atoms with Crippen LogP contribution in [-0.4, -0.2) is 155 Å². The van der Waals surface area contributed by atoms with Gasteiger partial charge in [-0.15, -0.1) is 0 Å². The van der Waals surface area contributed by atoms with Gasteiger partial charge in [0.25, 0.3) is 0 Å². The maximum atomic E-state index is 13.8. The van der Waals surface area contributed by atoms with Gasteiger partial charge < -0.3 is 53.4 Å². The molecule has 0 unspecified atom stereocenters. The molecule has 6 rings (SSSR count). The van der Waals surface area contributed by atoms with Gasteiger partial charge in [0.1, 0.15) is 42.1 Å². The Morgan fingerprint density at radius 2 is 1.37 bits per heavy atom. The summed E-state index contributed by atoms with van der Waals surface area (Å²) in [5.41, 5.74) is 4.24. The van der Waals surface area contributed by atoms with E-state index in [2.05, 4.69) is 10.6 Å². The van der Waals surface area contributed by atoms with Crippen LogP contribution in [0.15, 0.2) is 66.7 Å². The van der Waals surface area contributed by atoms with Crippen molar-refractivity contribution in [3.05, 3.63) is 83.4 Å². The molecule has 3 amide bonds. The van der Waals surface area contributed by atoms with Crippen molar-refractivity contribution in [1.29, 1.82) is 0 Å². The van der Waals surface area contributed by atoms with E-state index in [4.69, 9.17) is 37.9 Å². The van der Waals surface area contributed by atoms with Crippen LogP contribution in [0.1, 0.15) is 63.1 Å². The third kappa shape index (κ3) is 14.2. The van der Waals surface area contributed by atoms with Gasteiger partial charge in [-0.05, 0) is 72.8 Å². The fraction of sp³-hybridized carbons (Fsp3) is 0.479. The molecule has 70 heavy (non-hydrogen) atoms. The van der Waals surface area contributed by atoms with E-state index in [9.17, 15) is 42.0 Å². The number of carbonyl (C=O) groups is 7. The molecule has 21 nitrogen and oxygen atoms in total. The lowest BCUT2D eigenvalue weighted by atomic mass is 9.95. The molecule has 0 bridgehead atoms. The highest BCUT2D eigenvalue weighted by atomic mass is 32.2. The normalized spacial score (nSPS) is 19.9. The fourth-order valence-electron chi connectivity index (χ4n) is 8.24. The summed E-state index contributed by atoms with van der Waals surface area (Å²) in [7, 11) is -2.11. The van der Waals surface area contributed by atoms with Crippen LogP contribution in [0.2, 0.25) is 0 Å². The van der Waals surface area contributed by atoms with E-state index in [0.29, 0.717) is 12.8 Å². The zero-order valence-electron chi connectivity index (χ0n) is 39.7. The van der Waals surface area contributed by atoms with Crippen LogP contribution in [0.25, 0.3) is 11.1 Å². The number of esters is 3. The molecule has 2 fully saturated rings. The average Bonchev–Trinajstić information content (AvgIpc) is 3.62. The molecule has 2 heterocycles. The number of ketones is 1. The van der Waals surface area contributed by atoms with Gasteiger partial charge in [0.15, 0.2) is 24.1 Å². The molecule has 2 aliphatic heterocycles. The minimum absolute atomic E-state index is 0.00770. The van der Waals surface area contributed by atoms with Crippen molar-refractivity contribution in [3.63, 3.8) is 0 Å². The van der Waals surface area contributed by atoms with Gasteiger partial charge in [0, 0.05) is 46.5 Å². The van der Waals surface area contributed by atoms with E-state index >= 15 is 0 Å². The second-order valence-electron chi connectivity index (χ2n) is 17.1. The summed E-state index contributed by atoms with van der Waals surface area (Å²) in [6, 6.07) is 19.8. The first-order valence-corrected chi connectivity index (χ1v) is 24.6. The zero-order chi connectivity index (χ0) is 50.7. The first-order valence-electron chi connectivity index (χ1n) is 22.5. The van der Waals surface area contributed by atoms with Gasteiger partial charge in [-0.1, -0.05) is 54.6 Å². The first kappa shape index (κ1) is 52.7. The molecule has 3 aromatic rings. The summed E-state index contributed by atoms with van der Waals surface area (Å²) in [6.45, 7) is 4.33. The number of rotatable bonds is 19. The van der Waals surface area contributed by atoms with Gasteiger partial charge >= 0.3 is 30.1 Å². The lowest BCUT2D eigenvalue weighted by Gasteiger charge is -2.43. The third-order valence-electron chi connectivity index (χ3n) is 11.5. The van der Waals surface area contributed by atoms with Gasteiger partial charge in [-0.2, -0.15) is 0 Å². The number of hydrogen-bond donors (Lipinski definition) is 2. The number of amides is 3. The Hall–Kier alpha value is -6.62. The smallest absolute Gasteiger partial charge is 0.411 e. The van der Waals surface area contributed by atoms with E-state index in [0.717, 1.165) is 79.1 Å². The average molecular weight is 995 g/mol. The number of benzene rings is 3. The van der Waals surface area contributed by atoms with E-state index < -0.39 is 95.5 Å². The highest BCUT2D eigenvalue weighted by molar-refractivity contribution is 7.90. The molecule has 0 saturated carbocycles. The number of ether oxygens (including phenoxy) is 8. The van der Waals surface area contributed by atoms with Crippen molar-refractivity contribution < 1.29 is 79.9 Å². The van der Waals surface area contributed by atoms with Gasteiger partial charge in [0.05, 0.1) is 17.5 Å². The molecule has 0 spiro atoms. The zero-order valence-corrected chi connectivity index (χ0v) is 40.5. The number of hydrogen-bond acceptors (Lipinski definition) is 18. The second kappa shape index (κ2) is 23.8. The minimum atomic E-state index is -3.48. The molecule has 0 radical (unpaired) electrons. The number of anilines is 1. The van der Waals surface area contributed by atoms with Gasteiger partial charge in [-0.25, -0.2) is 18.0 Å². The largest absolute Gasteiger partial charge is 0.458 e. The third-order valence-corrected chi connectivity index (χ3v) is 12.4. The molecule has 378 valence electrons. The van der Waals surface area contributed by atoms with E-state index in [1.54, 1.807) is 0 Å². The molecule has 2 saturated heterocycles. The predicted octanol–water partition coefficient (Wildman–Crippen LogP) is 3.70. The summed E-state index contributed by atoms with van der Waals surface area (Å²) in [4.78, 5) is 92.9. The van der Waals surface area contributed by atoms with Crippen molar-refractivity contribution in [2.75, 3.05) is 63.9 Å². The standard InChI is InChI=1S/C48H58N4O17S/c1-28(53)42-43(65-29(2)54)44(66-30(3)55)45(67-31(4)56)46(69-42)68-40-16-15-32(25-62-48(59)52(21-22-70(6,60)61)27-64-33-17-19-49-20-18-33)23-39(40)50-41(57)24-51(5)47(58)63-26-38-36-13-9-7-11-34(36)35-12-8-10-14-37(35)38/h7-16,23,33,38,42-46,49H,17-22,24-27H2,1-6H3,(H,50,57)/t42-,43-,44+,45-,46-/m1/s1. The van der Waals surface area contributed by atoms with Gasteiger partial charge in [-0.3, -0.25) is 28.9 Å².